The summed E-state index contributed by atoms with van der Waals surface area (Å²) in [5.74, 6) is 1.14. The van der Waals surface area contributed by atoms with E-state index in [-0.39, 0.29) is 0 Å². The third kappa shape index (κ3) is 13.5. The second-order valence-electron chi connectivity index (χ2n) is 3.88. The van der Waals surface area contributed by atoms with Gasteiger partial charge in [-0.05, 0) is 45.2 Å². The third-order valence-corrected chi connectivity index (χ3v) is 2.36. The van der Waals surface area contributed by atoms with Crippen LogP contribution >= 0.6 is 0 Å². The molecule has 1 aliphatic rings. The molecule has 0 saturated carbocycles. The molecule has 0 aliphatic carbocycles. The lowest BCUT2D eigenvalue weighted by Crippen LogP contribution is -2.27. The summed E-state index contributed by atoms with van der Waals surface area (Å²) in [6.07, 6.45) is 4.40. The first kappa shape index (κ1) is 15.5. The first-order chi connectivity index (χ1) is 7.29. The molecular formula is C9H19NO5S. The number of carbonyl (C=O) groups excluding carboxylic acids is 1. The molecule has 0 aromatic heterocycles. The molecule has 1 rings (SSSR count). The Morgan fingerprint density at radius 3 is 2.12 bits per heavy atom. The molecule has 3 N–H and O–H groups in total. The van der Waals surface area contributed by atoms with Crippen LogP contribution in [0.3, 0.4) is 0 Å². The fourth-order valence-electron chi connectivity index (χ4n) is 1.58. The maximum atomic E-state index is 10.7. The maximum Gasteiger partial charge on any atom is 0.394 e. The summed E-state index contributed by atoms with van der Waals surface area (Å²) >= 11 is 0. The highest BCUT2D eigenvalue weighted by molar-refractivity contribution is 7.79. The number of rotatable bonds is 3. The molecule has 1 heterocycles. The topological polar surface area (TPSA) is 104 Å². The van der Waals surface area contributed by atoms with Crippen LogP contribution in [0.1, 0.15) is 32.6 Å². The Balaban J connectivity index is 0.000000385. The molecule has 1 fully saturated rings. The van der Waals surface area contributed by atoms with Crippen LogP contribution in [0, 0.1) is 5.92 Å². The molecule has 16 heavy (non-hydrogen) atoms. The van der Waals surface area contributed by atoms with Gasteiger partial charge in [-0.2, -0.15) is 8.42 Å². The Morgan fingerprint density at radius 1 is 1.31 bits per heavy atom. The summed E-state index contributed by atoms with van der Waals surface area (Å²) in [5, 5.41) is 3.32. The van der Waals surface area contributed by atoms with Gasteiger partial charge < -0.3 is 10.1 Å². The lowest BCUT2D eigenvalue weighted by Gasteiger charge is -2.21. The molecule has 0 bridgehead atoms. The molecule has 0 atom stereocenters. The van der Waals surface area contributed by atoms with Crippen molar-refractivity contribution in [3.63, 3.8) is 0 Å². The number of nitrogens with one attached hydrogen (secondary N) is 1. The van der Waals surface area contributed by atoms with Crippen LogP contribution in [0.5, 0.6) is 0 Å². The highest BCUT2D eigenvalue weighted by atomic mass is 32.3. The van der Waals surface area contributed by atoms with Gasteiger partial charge in [-0.3, -0.25) is 9.11 Å². The fourth-order valence-corrected chi connectivity index (χ4v) is 1.58. The molecule has 0 radical (unpaired) electrons. The van der Waals surface area contributed by atoms with E-state index in [1.54, 1.807) is 6.92 Å². The minimum Gasteiger partial charge on any atom is -0.317 e. The average Bonchev–Trinajstić information content (AvgIpc) is 2.14. The van der Waals surface area contributed by atoms with E-state index in [9.17, 15) is 4.79 Å². The SMILES string of the molecule is CC(=O)CCC1CCNCC1.O=S(=O)(O)O. The molecule has 0 spiro atoms. The summed E-state index contributed by atoms with van der Waals surface area (Å²) in [4.78, 5) is 10.7. The normalized spacial score (nSPS) is 17.4. The van der Waals surface area contributed by atoms with Crippen LogP contribution < -0.4 is 5.32 Å². The number of hydrogen-bond acceptors (Lipinski definition) is 4. The van der Waals surface area contributed by atoms with E-state index in [1.807, 2.05) is 0 Å². The first-order valence-corrected chi connectivity index (χ1v) is 6.58. The lowest BCUT2D eigenvalue weighted by atomic mass is 9.92. The van der Waals surface area contributed by atoms with Crippen LogP contribution in [-0.4, -0.2) is 36.4 Å². The Labute approximate surface area is 96.0 Å². The van der Waals surface area contributed by atoms with Crippen molar-refractivity contribution in [3.05, 3.63) is 0 Å². The van der Waals surface area contributed by atoms with Crippen molar-refractivity contribution < 1.29 is 22.3 Å². The Kier molecular flexibility index (Phi) is 7.48. The van der Waals surface area contributed by atoms with Gasteiger partial charge in [-0.1, -0.05) is 0 Å². The van der Waals surface area contributed by atoms with Crippen molar-refractivity contribution in [1.82, 2.24) is 5.32 Å². The molecule has 1 saturated heterocycles. The van der Waals surface area contributed by atoms with Crippen molar-refractivity contribution in [2.45, 2.75) is 32.6 Å². The van der Waals surface area contributed by atoms with E-state index >= 15 is 0 Å². The standard InChI is InChI=1S/C9H17NO.H2O4S/c1-8(11)2-3-9-4-6-10-7-5-9;1-5(2,3)4/h9-10H,2-7H2,1H3;(H2,1,2,3,4). The third-order valence-electron chi connectivity index (χ3n) is 2.36. The first-order valence-electron chi connectivity index (χ1n) is 5.19. The lowest BCUT2D eigenvalue weighted by molar-refractivity contribution is -0.117. The van der Waals surface area contributed by atoms with Gasteiger partial charge in [0.1, 0.15) is 5.78 Å². The van der Waals surface area contributed by atoms with Crippen LogP contribution in [0.15, 0.2) is 0 Å². The smallest absolute Gasteiger partial charge is 0.317 e. The summed E-state index contributed by atoms with van der Waals surface area (Å²) < 4.78 is 31.6. The van der Waals surface area contributed by atoms with Crippen molar-refractivity contribution in [1.29, 1.82) is 0 Å². The second kappa shape index (κ2) is 7.72. The highest BCUT2D eigenvalue weighted by Crippen LogP contribution is 2.17. The fraction of sp³-hybridized carbons (Fsp3) is 0.889. The molecule has 0 unspecified atom stereocenters. The summed E-state index contributed by atoms with van der Waals surface area (Å²) in [5.41, 5.74) is 0. The van der Waals surface area contributed by atoms with Gasteiger partial charge in [0.15, 0.2) is 0 Å². The number of piperidine rings is 1. The Hall–Kier alpha value is -0.500. The minimum absolute atomic E-state index is 0.337. The largest absolute Gasteiger partial charge is 0.394 e. The molecular weight excluding hydrogens is 234 g/mol. The van der Waals surface area contributed by atoms with E-state index in [2.05, 4.69) is 5.32 Å². The van der Waals surface area contributed by atoms with Gasteiger partial charge in [0.2, 0.25) is 0 Å². The van der Waals surface area contributed by atoms with Crippen LogP contribution in [0.25, 0.3) is 0 Å². The number of ketones is 1. The van der Waals surface area contributed by atoms with E-state index < -0.39 is 10.4 Å². The summed E-state index contributed by atoms with van der Waals surface area (Å²) in [6.45, 7) is 3.96. The molecule has 6 nitrogen and oxygen atoms in total. The van der Waals surface area contributed by atoms with Crippen molar-refractivity contribution in [2.75, 3.05) is 13.1 Å². The minimum atomic E-state index is -4.67. The van der Waals surface area contributed by atoms with Gasteiger partial charge in [0.05, 0.1) is 0 Å². The van der Waals surface area contributed by atoms with Crippen molar-refractivity contribution >= 4 is 16.2 Å². The second-order valence-corrected chi connectivity index (χ2v) is 4.78. The summed E-state index contributed by atoms with van der Waals surface area (Å²) in [7, 11) is -4.67. The van der Waals surface area contributed by atoms with E-state index in [0.717, 1.165) is 31.8 Å². The summed E-state index contributed by atoms with van der Waals surface area (Å²) in [6, 6.07) is 0. The van der Waals surface area contributed by atoms with Gasteiger partial charge in [0.25, 0.3) is 0 Å². The number of hydrogen-bond donors (Lipinski definition) is 3. The maximum absolute atomic E-state index is 10.7. The van der Waals surface area contributed by atoms with E-state index in [0.29, 0.717) is 5.78 Å². The van der Waals surface area contributed by atoms with Crippen LogP contribution in [-0.2, 0) is 15.2 Å². The Morgan fingerprint density at radius 2 is 1.75 bits per heavy atom. The van der Waals surface area contributed by atoms with Crippen LogP contribution in [0.2, 0.25) is 0 Å². The quantitative estimate of drug-likeness (QED) is 0.640. The Bertz CT molecular complexity index is 287. The molecule has 7 heteroatoms. The van der Waals surface area contributed by atoms with Gasteiger partial charge in [-0.25, -0.2) is 0 Å². The van der Waals surface area contributed by atoms with Crippen LogP contribution in [0.4, 0.5) is 0 Å². The van der Waals surface area contributed by atoms with Gasteiger partial charge in [-0.15, -0.1) is 0 Å². The zero-order valence-electron chi connectivity index (χ0n) is 9.35. The molecule has 1 aliphatic heterocycles. The predicted molar refractivity (Wildman–Crippen MR) is 59.7 cm³/mol. The van der Waals surface area contributed by atoms with Crippen molar-refractivity contribution in [2.24, 2.45) is 5.92 Å². The monoisotopic (exact) mass is 253 g/mol. The zero-order valence-corrected chi connectivity index (χ0v) is 10.2. The van der Waals surface area contributed by atoms with E-state index in [4.69, 9.17) is 17.5 Å². The molecule has 0 amide bonds. The molecule has 0 aromatic rings. The van der Waals surface area contributed by atoms with Crippen molar-refractivity contribution in [3.8, 4) is 0 Å². The molecule has 0 aromatic carbocycles. The predicted octanol–water partition coefficient (Wildman–Crippen LogP) is 0.702. The average molecular weight is 253 g/mol. The molecule has 96 valence electrons. The van der Waals surface area contributed by atoms with E-state index in [1.165, 1.54) is 12.8 Å². The number of carbonyl (C=O) groups is 1. The van der Waals surface area contributed by atoms with Gasteiger partial charge in [0, 0.05) is 6.42 Å². The zero-order chi connectivity index (χ0) is 12.6. The highest BCUT2D eigenvalue weighted by Gasteiger charge is 2.12. The number of Topliss-reactive ketones (excluding diaryl/α,β-unsaturated/α-hetero) is 1. The van der Waals surface area contributed by atoms with Gasteiger partial charge >= 0.3 is 10.4 Å².